The maximum Gasteiger partial charge on any atom is 0.519 e. The molecule has 0 radical (unpaired) electrons. The first-order chi connectivity index (χ1) is 65.6. The first kappa shape index (κ1) is 72.3. The Hall–Kier alpha value is -17.8. The average Bonchev–Trinajstić information content (AvgIpc) is 1.55. The van der Waals surface area contributed by atoms with Gasteiger partial charge in [0.2, 0.25) is 17.3 Å². The van der Waals surface area contributed by atoms with Crippen LogP contribution in [0.3, 0.4) is 0 Å². The van der Waals surface area contributed by atoms with E-state index in [1.165, 1.54) is 22.7 Å². The van der Waals surface area contributed by atoms with Gasteiger partial charge in [-0.3, -0.25) is 26.9 Å². The van der Waals surface area contributed by atoms with Crippen molar-refractivity contribution < 1.29 is 0 Å². The lowest BCUT2D eigenvalue weighted by Gasteiger charge is -2.32. The lowest BCUT2D eigenvalue weighted by Crippen LogP contribution is -2.51. The number of fused-ring (bicyclic) bond motifs is 30. The highest BCUT2D eigenvalue weighted by molar-refractivity contribution is 6.82. The predicted molar refractivity (Wildman–Crippen MR) is 542 cm³/mol. The second-order valence-corrected chi connectivity index (χ2v) is 34.5. The molecule has 18 aromatic carbocycles. The van der Waals surface area contributed by atoms with Gasteiger partial charge in [0.05, 0.1) is 152 Å². The Labute approximate surface area is 758 Å². The summed E-state index contributed by atoms with van der Waals surface area (Å²) in [5.74, 6) is 2.67. The molecule has 0 fully saturated rings. The Morgan fingerprint density at radius 2 is 0.356 bits per heavy atom. The van der Waals surface area contributed by atoms with E-state index in [9.17, 15) is 0 Å². The molecule has 6 aliphatic rings. The second-order valence-electron chi connectivity index (χ2n) is 34.5. The highest BCUT2D eigenvalue weighted by atomic mass is 15.5. The molecule has 24 aromatic rings. The largest absolute Gasteiger partial charge is 0.519 e. The molecule has 0 saturated carbocycles. The van der Waals surface area contributed by atoms with Gasteiger partial charge in [-0.05, 0) is 248 Å². The van der Waals surface area contributed by atoms with E-state index in [0.29, 0.717) is 0 Å². The maximum atomic E-state index is 5.24. The average molecular weight is 1690 g/mol. The van der Waals surface area contributed by atoms with E-state index in [-0.39, 0.29) is 21.4 Å². The Morgan fingerprint density at radius 3 is 0.652 bits per heavy atom. The standard InChI is InChI=1S/C61H41B2N9.C50H32BN9/c1-4-19-44(20-5-1)67-53-31-14-16-33-55(53)71-59-39-42(35-37-57(59)69(62(67)71)46-23-8-3-9-24-46)43-36-38-58-60(40-43)72-56-34-17-15-32-54(56)68(45-21-6-2-7-22-45)63(72)70(58)48-26-18-25-47(41-48)65-51-29-12-13-30-52(51)66-50-28-11-10-27-49(50)64-61(65)66;1-3-21-39-37(19-1)52-49-54(41-23-5-7-25-43(41)56(39)49)33-15-13-17-35(31-33)58-45-27-9-11-29-47(45)60-48-30-12-10-28-46(48)59(51(58)60)36-18-14-16-34(32-36)55-42-24-6-8-26-44(42)57-40-22-4-2-20-38(40)53-50(55)57/h1-41H;1-32H. The van der Waals surface area contributed by atoms with Gasteiger partial charge in [-0.25, -0.2) is 15.0 Å². The minimum Gasteiger partial charge on any atom is -0.344 e. The number of rotatable bonds is 10. The molecule has 12 heterocycles. The molecule has 30 rings (SSSR count). The van der Waals surface area contributed by atoms with E-state index in [1.54, 1.807) is 0 Å². The van der Waals surface area contributed by atoms with Crippen LogP contribution in [-0.2, 0) is 0 Å². The van der Waals surface area contributed by atoms with Gasteiger partial charge in [-0.15, -0.1) is 0 Å². The zero-order valence-corrected chi connectivity index (χ0v) is 70.9. The third-order valence-corrected chi connectivity index (χ3v) is 27.5. The Bertz CT molecular complexity index is 8670. The number of para-hydroxylation sites is 23. The van der Waals surface area contributed by atoms with Crippen molar-refractivity contribution >= 4 is 207 Å². The fourth-order valence-electron chi connectivity index (χ4n) is 22.2. The molecule has 0 N–H and O–H groups in total. The molecule has 6 aliphatic heterocycles. The molecule has 6 aromatic heterocycles. The summed E-state index contributed by atoms with van der Waals surface area (Å²) in [5.41, 5.74) is 38.9. The molecular weight excluding hydrogens is 1620 g/mol. The normalized spacial score (nSPS) is 13.9. The summed E-state index contributed by atoms with van der Waals surface area (Å²) in [6.45, 7) is 0. The number of anilines is 18. The van der Waals surface area contributed by atoms with E-state index in [1.807, 2.05) is 0 Å². The van der Waals surface area contributed by atoms with E-state index in [4.69, 9.17) is 15.0 Å². The van der Waals surface area contributed by atoms with Gasteiger partial charge in [0.15, 0.2) is 0 Å². The van der Waals surface area contributed by atoms with Gasteiger partial charge in [0.1, 0.15) is 0 Å². The number of aromatic nitrogens is 9. The van der Waals surface area contributed by atoms with Crippen LogP contribution < -0.4 is 43.3 Å². The summed E-state index contributed by atoms with van der Waals surface area (Å²) in [5, 5.41) is 0. The molecule has 0 atom stereocenters. The van der Waals surface area contributed by atoms with Crippen LogP contribution in [0.5, 0.6) is 0 Å². The van der Waals surface area contributed by atoms with Gasteiger partial charge < -0.3 is 43.3 Å². The summed E-state index contributed by atoms with van der Waals surface area (Å²) < 4.78 is 13.7. The van der Waals surface area contributed by atoms with Gasteiger partial charge in [0.25, 0.3) is 0 Å². The SMILES string of the molecule is c1cc(N2B3N(c4cccc(-n5c6ccccc6n6c7ccccc7nc56)c4)c4ccccc4N3c3ccccc32)cc(-n2c3ccccc3n3c4ccccc4nc23)c1.c1ccc(N2B3N(c4ccccc4)c4ccc(-c5ccc6c(c5)N5B(N(c7ccccc7)c7ccccc75)N6c5cccc(-n6c7ccccc7n7c8ccccc8nc67)c5)cc4N3c3ccccc32)cc1. The highest BCUT2D eigenvalue weighted by Gasteiger charge is 2.57. The van der Waals surface area contributed by atoms with Crippen LogP contribution in [0, 0.1) is 0 Å². The van der Waals surface area contributed by atoms with E-state index >= 15 is 0 Å². The molecule has 18 nitrogen and oxygen atoms in total. The molecule has 0 aliphatic carbocycles. The zero-order valence-electron chi connectivity index (χ0n) is 70.9. The maximum absolute atomic E-state index is 5.24. The Kier molecular flexibility index (Phi) is 15.3. The quantitative estimate of drug-likeness (QED) is 0.122. The van der Waals surface area contributed by atoms with Crippen LogP contribution >= 0.6 is 0 Å². The fraction of sp³-hybridized carbons (Fsp3) is 0. The Morgan fingerprint density at radius 1 is 0.144 bits per heavy atom. The summed E-state index contributed by atoms with van der Waals surface area (Å²) >= 11 is 0. The number of hydrogen-bond donors (Lipinski definition) is 0. The summed E-state index contributed by atoms with van der Waals surface area (Å²) in [7, 11) is -0.594. The number of hydrogen-bond acceptors (Lipinski definition) is 12. The van der Waals surface area contributed by atoms with Crippen molar-refractivity contribution in [3.63, 3.8) is 0 Å². The van der Waals surface area contributed by atoms with E-state index < -0.39 is 0 Å². The van der Waals surface area contributed by atoms with E-state index in [2.05, 4.69) is 513 Å². The van der Waals surface area contributed by atoms with Gasteiger partial charge in [-0.1, -0.05) is 206 Å². The topological polar surface area (TPSA) is 95.8 Å². The first-order valence-corrected chi connectivity index (χ1v) is 44.9. The van der Waals surface area contributed by atoms with Gasteiger partial charge >= 0.3 is 21.4 Å². The third kappa shape index (κ3) is 10.2. The number of imidazole rings is 6. The van der Waals surface area contributed by atoms with Crippen molar-refractivity contribution in [1.29, 1.82) is 0 Å². The molecule has 132 heavy (non-hydrogen) atoms. The molecule has 0 saturated heterocycles. The lowest BCUT2D eigenvalue weighted by atomic mass is 9.86. The van der Waals surface area contributed by atoms with Gasteiger partial charge in [-0.2, -0.15) is 0 Å². The van der Waals surface area contributed by atoms with Crippen molar-refractivity contribution in [2.45, 2.75) is 0 Å². The van der Waals surface area contributed by atoms with Crippen LogP contribution in [0.25, 0.3) is 112 Å². The summed E-state index contributed by atoms with van der Waals surface area (Å²) in [4.78, 5) is 38.1. The van der Waals surface area contributed by atoms with Crippen molar-refractivity contribution in [2.75, 3.05) is 43.3 Å². The van der Waals surface area contributed by atoms with E-state index in [0.717, 1.165) is 191 Å². The van der Waals surface area contributed by atoms with Crippen LogP contribution in [0.15, 0.2) is 443 Å². The molecule has 0 amide bonds. The molecule has 0 spiro atoms. The van der Waals surface area contributed by atoms with Crippen LogP contribution in [0.2, 0.25) is 0 Å². The molecule has 21 heteroatoms. The predicted octanol–water partition coefficient (Wildman–Crippen LogP) is 26.6. The highest BCUT2D eigenvalue weighted by Crippen LogP contribution is 2.61. The summed E-state index contributed by atoms with van der Waals surface area (Å²) in [6.07, 6.45) is 0. The zero-order chi connectivity index (χ0) is 86.1. The number of benzene rings is 18. The van der Waals surface area contributed by atoms with Crippen LogP contribution in [0.1, 0.15) is 0 Å². The van der Waals surface area contributed by atoms with Gasteiger partial charge in [0, 0.05) is 34.1 Å². The lowest BCUT2D eigenvalue weighted by molar-refractivity contribution is 1.11. The molecule has 616 valence electrons. The second kappa shape index (κ2) is 27.8. The van der Waals surface area contributed by atoms with Crippen molar-refractivity contribution in [2.24, 2.45) is 0 Å². The first-order valence-electron chi connectivity index (χ1n) is 44.9. The van der Waals surface area contributed by atoms with Crippen molar-refractivity contribution in [3.05, 3.63) is 443 Å². The number of nitrogens with zero attached hydrogens (tertiary/aromatic N) is 18. The van der Waals surface area contributed by atoms with Crippen LogP contribution in [-0.4, -0.2) is 63.2 Å². The fourth-order valence-corrected chi connectivity index (χ4v) is 22.2. The van der Waals surface area contributed by atoms with Crippen molar-refractivity contribution in [3.8, 4) is 28.2 Å². The monoisotopic (exact) mass is 1690 g/mol. The minimum absolute atomic E-state index is 0.138. The molecular formula is C111H73B3N18. The van der Waals surface area contributed by atoms with Crippen molar-refractivity contribution in [1.82, 2.24) is 41.9 Å². The van der Waals surface area contributed by atoms with Crippen LogP contribution in [0.4, 0.5) is 102 Å². The minimum atomic E-state index is -0.231. The Balaban J connectivity index is 0.000000131. The molecule has 0 bridgehead atoms. The molecule has 0 unspecified atom stereocenters. The summed E-state index contributed by atoms with van der Waals surface area (Å²) in [6, 6.07) is 159. The smallest absolute Gasteiger partial charge is 0.344 e. The third-order valence-electron chi connectivity index (χ3n) is 27.5.